The van der Waals surface area contributed by atoms with Crippen molar-refractivity contribution >= 4 is 23.7 Å². The number of rotatable bonds is 3. The monoisotopic (exact) mass is 273 g/mol. The molecule has 0 amide bonds. The van der Waals surface area contributed by atoms with Crippen molar-refractivity contribution in [1.29, 1.82) is 0 Å². The molecule has 5 heteroatoms. The number of ether oxygens (including phenoxy) is 1. The Morgan fingerprint density at radius 2 is 2.12 bits per heavy atom. The van der Waals surface area contributed by atoms with Gasteiger partial charge in [0, 0.05) is 4.88 Å². The quantitative estimate of drug-likeness (QED) is 0.931. The van der Waals surface area contributed by atoms with E-state index in [-0.39, 0.29) is 30.0 Å². The van der Waals surface area contributed by atoms with Gasteiger partial charge in [-0.25, -0.2) is 4.39 Å². The predicted octanol–water partition coefficient (Wildman–Crippen LogP) is 3.37. The van der Waals surface area contributed by atoms with Crippen LogP contribution in [0.5, 0.6) is 5.75 Å². The molecule has 2 aromatic rings. The van der Waals surface area contributed by atoms with Gasteiger partial charge in [-0.05, 0) is 29.1 Å². The van der Waals surface area contributed by atoms with Crippen molar-refractivity contribution in [2.45, 2.75) is 6.04 Å². The Bertz CT molecular complexity index is 475. The average molecular weight is 274 g/mol. The zero-order chi connectivity index (χ0) is 11.5. The molecule has 2 N–H and O–H groups in total. The molecule has 0 saturated carbocycles. The summed E-state index contributed by atoms with van der Waals surface area (Å²) >= 11 is 1.56. The fourth-order valence-corrected chi connectivity index (χ4v) is 2.26. The first-order valence-electron chi connectivity index (χ1n) is 4.85. The number of halogens is 2. The lowest BCUT2D eigenvalue weighted by atomic mass is 10.1. The Kier molecular flexibility index (Phi) is 4.93. The van der Waals surface area contributed by atoms with Gasteiger partial charge < -0.3 is 10.5 Å². The van der Waals surface area contributed by atoms with Crippen molar-refractivity contribution in [2.24, 2.45) is 5.73 Å². The van der Waals surface area contributed by atoms with Gasteiger partial charge in [0.15, 0.2) is 11.6 Å². The van der Waals surface area contributed by atoms with Gasteiger partial charge in [-0.3, -0.25) is 0 Å². The van der Waals surface area contributed by atoms with Crippen LogP contribution in [0.15, 0.2) is 35.7 Å². The summed E-state index contributed by atoms with van der Waals surface area (Å²) in [5, 5.41) is 1.95. The first-order chi connectivity index (χ1) is 7.72. The first kappa shape index (κ1) is 14.0. The molecule has 17 heavy (non-hydrogen) atoms. The zero-order valence-corrected chi connectivity index (χ0v) is 10.9. The largest absolute Gasteiger partial charge is 0.494 e. The molecule has 2 nitrogen and oxygen atoms in total. The number of thiophene rings is 1. The van der Waals surface area contributed by atoms with E-state index in [0.29, 0.717) is 0 Å². The van der Waals surface area contributed by atoms with Crippen LogP contribution in [-0.4, -0.2) is 7.11 Å². The second kappa shape index (κ2) is 6.00. The van der Waals surface area contributed by atoms with Crippen molar-refractivity contribution < 1.29 is 9.13 Å². The minimum atomic E-state index is -0.382. The van der Waals surface area contributed by atoms with Gasteiger partial charge in [0.2, 0.25) is 0 Å². The maximum absolute atomic E-state index is 13.5. The molecule has 1 heterocycles. The number of hydrogen-bond donors (Lipinski definition) is 1. The Morgan fingerprint density at radius 3 is 2.65 bits per heavy atom. The van der Waals surface area contributed by atoms with E-state index in [1.165, 1.54) is 13.2 Å². The third kappa shape index (κ3) is 2.97. The van der Waals surface area contributed by atoms with Crippen LogP contribution in [0.4, 0.5) is 4.39 Å². The number of hydrogen-bond acceptors (Lipinski definition) is 3. The second-order valence-corrected chi connectivity index (χ2v) is 4.37. The Morgan fingerprint density at radius 1 is 1.35 bits per heavy atom. The summed E-state index contributed by atoms with van der Waals surface area (Å²) in [4.78, 5) is 1.02. The van der Waals surface area contributed by atoms with Crippen molar-refractivity contribution in [2.75, 3.05) is 7.11 Å². The van der Waals surface area contributed by atoms with E-state index in [0.717, 1.165) is 10.4 Å². The highest BCUT2D eigenvalue weighted by atomic mass is 35.5. The molecule has 0 aliphatic heterocycles. The van der Waals surface area contributed by atoms with Gasteiger partial charge in [0.1, 0.15) is 0 Å². The molecule has 1 atom stereocenters. The maximum atomic E-state index is 13.5. The summed E-state index contributed by atoms with van der Waals surface area (Å²) < 4.78 is 18.3. The molecule has 2 rings (SSSR count). The van der Waals surface area contributed by atoms with Crippen molar-refractivity contribution in [3.05, 3.63) is 52.0 Å². The van der Waals surface area contributed by atoms with E-state index < -0.39 is 0 Å². The molecule has 0 bridgehead atoms. The van der Waals surface area contributed by atoms with Crippen LogP contribution in [-0.2, 0) is 0 Å². The van der Waals surface area contributed by atoms with Crippen LogP contribution in [0.3, 0.4) is 0 Å². The second-order valence-electron chi connectivity index (χ2n) is 3.39. The SMILES string of the molecule is COc1ccc([C@@H](N)c2cccs2)cc1F.Cl. The third-order valence-corrected chi connectivity index (χ3v) is 3.34. The third-order valence-electron chi connectivity index (χ3n) is 2.38. The van der Waals surface area contributed by atoms with Crippen LogP contribution in [0.2, 0.25) is 0 Å². The normalized spacial score (nSPS) is 11.7. The van der Waals surface area contributed by atoms with Crippen LogP contribution in [0, 0.1) is 5.82 Å². The van der Waals surface area contributed by atoms with E-state index in [2.05, 4.69) is 0 Å². The Balaban J connectivity index is 0.00000144. The fourth-order valence-electron chi connectivity index (χ4n) is 1.51. The lowest BCUT2D eigenvalue weighted by molar-refractivity contribution is 0.386. The number of nitrogens with two attached hydrogens (primary N) is 1. The Labute approximate surface area is 110 Å². The molecule has 1 aromatic carbocycles. The summed E-state index contributed by atoms with van der Waals surface area (Å²) in [7, 11) is 1.44. The molecular weight excluding hydrogens is 261 g/mol. The van der Waals surface area contributed by atoms with Crippen LogP contribution < -0.4 is 10.5 Å². The van der Waals surface area contributed by atoms with E-state index in [9.17, 15) is 4.39 Å². The molecule has 0 spiro atoms. The summed E-state index contributed by atoms with van der Waals surface area (Å²) in [5.74, 6) is -0.144. The van der Waals surface area contributed by atoms with Crippen molar-refractivity contribution in [1.82, 2.24) is 0 Å². The van der Waals surface area contributed by atoms with Gasteiger partial charge in [-0.15, -0.1) is 23.7 Å². The standard InChI is InChI=1S/C12H12FNOS.ClH/c1-15-10-5-4-8(7-9(10)13)12(14)11-3-2-6-16-11;/h2-7,12H,14H2,1H3;1H/t12-;/m1./s1. The molecule has 0 saturated heterocycles. The van der Waals surface area contributed by atoms with Gasteiger partial charge in [-0.1, -0.05) is 12.1 Å². The van der Waals surface area contributed by atoms with Gasteiger partial charge in [0.05, 0.1) is 13.2 Å². The van der Waals surface area contributed by atoms with E-state index in [1.807, 2.05) is 17.5 Å². The highest BCUT2D eigenvalue weighted by Gasteiger charge is 2.12. The topological polar surface area (TPSA) is 35.2 Å². The van der Waals surface area contributed by atoms with Gasteiger partial charge in [0.25, 0.3) is 0 Å². The highest BCUT2D eigenvalue weighted by Crippen LogP contribution is 2.26. The summed E-state index contributed by atoms with van der Waals surface area (Å²) in [5.41, 5.74) is 6.77. The molecule has 0 radical (unpaired) electrons. The minimum absolute atomic E-state index is 0. The lowest BCUT2D eigenvalue weighted by Gasteiger charge is -2.11. The lowest BCUT2D eigenvalue weighted by Crippen LogP contribution is -2.10. The molecular formula is C12H13ClFNOS. The molecule has 92 valence electrons. The van der Waals surface area contributed by atoms with E-state index in [1.54, 1.807) is 23.5 Å². The molecule has 0 unspecified atom stereocenters. The number of methoxy groups -OCH3 is 1. The highest BCUT2D eigenvalue weighted by molar-refractivity contribution is 7.10. The molecule has 0 aliphatic rings. The van der Waals surface area contributed by atoms with Crippen LogP contribution in [0.25, 0.3) is 0 Å². The predicted molar refractivity (Wildman–Crippen MR) is 70.5 cm³/mol. The van der Waals surface area contributed by atoms with Crippen molar-refractivity contribution in [3.8, 4) is 5.75 Å². The van der Waals surface area contributed by atoms with Gasteiger partial charge in [-0.2, -0.15) is 0 Å². The molecule has 0 aliphatic carbocycles. The Hall–Kier alpha value is -1.10. The summed E-state index contributed by atoms with van der Waals surface area (Å²) in [6.07, 6.45) is 0. The summed E-state index contributed by atoms with van der Waals surface area (Å²) in [6, 6.07) is 8.39. The molecule has 0 fully saturated rings. The maximum Gasteiger partial charge on any atom is 0.165 e. The van der Waals surface area contributed by atoms with Crippen molar-refractivity contribution in [3.63, 3.8) is 0 Å². The van der Waals surface area contributed by atoms with E-state index >= 15 is 0 Å². The first-order valence-corrected chi connectivity index (χ1v) is 5.72. The fraction of sp³-hybridized carbons (Fsp3) is 0.167. The van der Waals surface area contributed by atoms with Crippen LogP contribution in [0.1, 0.15) is 16.5 Å². The van der Waals surface area contributed by atoms with Gasteiger partial charge >= 0.3 is 0 Å². The smallest absolute Gasteiger partial charge is 0.165 e. The van der Waals surface area contributed by atoms with Crippen LogP contribution >= 0.6 is 23.7 Å². The zero-order valence-electron chi connectivity index (χ0n) is 9.22. The average Bonchev–Trinajstić information content (AvgIpc) is 2.81. The minimum Gasteiger partial charge on any atom is -0.494 e. The van der Waals surface area contributed by atoms with E-state index in [4.69, 9.17) is 10.5 Å². The summed E-state index contributed by atoms with van der Waals surface area (Å²) in [6.45, 7) is 0. The number of benzene rings is 1. The molecule has 1 aromatic heterocycles.